The van der Waals surface area contributed by atoms with Crippen molar-refractivity contribution in [2.75, 3.05) is 19.6 Å². The number of rotatable bonds is 4. The molecule has 1 aromatic rings. The highest BCUT2D eigenvalue weighted by molar-refractivity contribution is 5.94. The Hall–Kier alpha value is -1.42. The molecule has 1 saturated heterocycles. The molecule has 0 unspecified atom stereocenters. The van der Waals surface area contributed by atoms with Crippen LogP contribution in [0.25, 0.3) is 0 Å². The largest absolute Gasteiger partial charge is 0.350 e. The second-order valence-corrected chi connectivity index (χ2v) is 6.05. The Kier molecular flexibility index (Phi) is 4.76. The molecule has 0 atom stereocenters. The number of piperidine rings is 1. The van der Waals surface area contributed by atoms with Gasteiger partial charge in [-0.2, -0.15) is 0 Å². The van der Waals surface area contributed by atoms with Gasteiger partial charge < -0.3 is 5.32 Å². The Morgan fingerprint density at radius 2 is 1.80 bits per heavy atom. The average Bonchev–Trinajstić information content (AvgIpc) is 2.46. The van der Waals surface area contributed by atoms with Crippen LogP contribution in [0.15, 0.2) is 24.3 Å². The van der Waals surface area contributed by atoms with Gasteiger partial charge in [0.2, 0.25) is 0 Å². The van der Waals surface area contributed by atoms with E-state index in [9.17, 15) is 9.18 Å². The first-order chi connectivity index (χ1) is 9.49. The lowest BCUT2D eigenvalue weighted by molar-refractivity contribution is 0.0797. The number of carbonyl (C=O) groups excluding carboxylic acids is 1. The van der Waals surface area contributed by atoms with Crippen molar-refractivity contribution < 1.29 is 9.18 Å². The maximum absolute atomic E-state index is 12.8. The zero-order valence-corrected chi connectivity index (χ0v) is 12.3. The van der Waals surface area contributed by atoms with E-state index >= 15 is 0 Å². The minimum atomic E-state index is -0.324. The zero-order valence-electron chi connectivity index (χ0n) is 12.3. The zero-order chi connectivity index (χ0) is 14.6. The summed E-state index contributed by atoms with van der Waals surface area (Å²) in [4.78, 5) is 14.5. The molecular weight excluding hydrogens is 255 g/mol. The average molecular weight is 278 g/mol. The number of halogens is 1. The first-order valence-corrected chi connectivity index (χ1v) is 7.28. The summed E-state index contributed by atoms with van der Waals surface area (Å²) in [6.07, 6.45) is 3.76. The molecule has 4 heteroatoms. The van der Waals surface area contributed by atoms with Gasteiger partial charge in [0, 0.05) is 17.6 Å². The third-order valence-corrected chi connectivity index (χ3v) is 4.00. The van der Waals surface area contributed by atoms with Gasteiger partial charge in [0.1, 0.15) is 5.82 Å². The predicted molar refractivity (Wildman–Crippen MR) is 78.2 cm³/mol. The number of amides is 1. The SMILES string of the molecule is CC(C)(CNC(=O)c1ccc(F)cc1)N1CCCCC1. The molecule has 1 N–H and O–H groups in total. The summed E-state index contributed by atoms with van der Waals surface area (Å²) in [5.41, 5.74) is 0.455. The second kappa shape index (κ2) is 6.35. The van der Waals surface area contributed by atoms with Gasteiger partial charge in [-0.3, -0.25) is 9.69 Å². The smallest absolute Gasteiger partial charge is 0.251 e. The second-order valence-electron chi connectivity index (χ2n) is 6.05. The molecule has 0 saturated carbocycles. The van der Waals surface area contributed by atoms with Gasteiger partial charge in [0.15, 0.2) is 0 Å². The Balaban J connectivity index is 1.90. The molecule has 2 rings (SSSR count). The fourth-order valence-corrected chi connectivity index (χ4v) is 2.61. The standard InChI is InChI=1S/C16H23FN2O/c1-16(2,19-10-4-3-5-11-19)12-18-15(20)13-6-8-14(17)9-7-13/h6-9H,3-5,10-12H2,1-2H3,(H,18,20). The Morgan fingerprint density at radius 1 is 1.20 bits per heavy atom. The van der Waals surface area contributed by atoms with E-state index in [1.807, 2.05) is 0 Å². The van der Waals surface area contributed by atoms with E-state index in [2.05, 4.69) is 24.1 Å². The number of benzene rings is 1. The van der Waals surface area contributed by atoms with E-state index in [1.165, 1.54) is 43.5 Å². The van der Waals surface area contributed by atoms with E-state index in [0.29, 0.717) is 12.1 Å². The first kappa shape index (κ1) is 15.0. The summed E-state index contributed by atoms with van der Waals surface area (Å²) in [7, 11) is 0. The van der Waals surface area contributed by atoms with Crippen molar-refractivity contribution >= 4 is 5.91 Å². The van der Waals surface area contributed by atoms with Gasteiger partial charge in [0.25, 0.3) is 5.91 Å². The maximum Gasteiger partial charge on any atom is 0.251 e. The summed E-state index contributed by atoms with van der Waals surface area (Å²) in [6.45, 7) is 7.11. The van der Waals surface area contributed by atoms with Crippen LogP contribution < -0.4 is 5.32 Å². The van der Waals surface area contributed by atoms with Crippen LogP contribution in [0.3, 0.4) is 0 Å². The van der Waals surface area contributed by atoms with Crippen LogP contribution in [0, 0.1) is 5.82 Å². The fraction of sp³-hybridized carbons (Fsp3) is 0.562. The fourth-order valence-electron chi connectivity index (χ4n) is 2.61. The summed E-state index contributed by atoms with van der Waals surface area (Å²) >= 11 is 0. The van der Waals surface area contributed by atoms with Gasteiger partial charge >= 0.3 is 0 Å². The lowest BCUT2D eigenvalue weighted by Crippen LogP contribution is -2.53. The highest BCUT2D eigenvalue weighted by Gasteiger charge is 2.28. The molecule has 20 heavy (non-hydrogen) atoms. The van der Waals surface area contributed by atoms with E-state index in [-0.39, 0.29) is 17.3 Å². The van der Waals surface area contributed by atoms with E-state index in [0.717, 1.165) is 13.1 Å². The van der Waals surface area contributed by atoms with Crippen LogP contribution in [0.2, 0.25) is 0 Å². The van der Waals surface area contributed by atoms with Crippen molar-refractivity contribution in [3.8, 4) is 0 Å². The highest BCUT2D eigenvalue weighted by Crippen LogP contribution is 2.19. The van der Waals surface area contributed by atoms with Crippen molar-refractivity contribution in [1.82, 2.24) is 10.2 Å². The Morgan fingerprint density at radius 3 is 2.40 bits per heavy atom. The Bertz CT molecular complexity index is 450. The summed E-state index contributed by atoms with van der Waals surface area (Å²) in [5.74, 6) is -0.467. The minimum Gasteiger partial charge on any atom is -0.350 e. The molecule has 110 valence electrons. The van der Waals surface area contributed by atoms with Crippen LogP contribution in [0.1, 0.15) is 43.5 Å². The lowest BCUT2D eigenvalue weighted by atomic mass is 9.98. The molecule has 0 radical (unpaired) electrons. The molecule has 1 aliphatic heterocycles. The van der Waals surface area contributed by atoms with E-state index < -0.39 is 0 Å². The van der Waals surface area contributed by atoms with Crippen molar-refractivity contribution in [3.05, 3.63) is 35.6 Å². The van der Waals surface area contributed by atoms with Crippen LogP contribution >= 0.6 is 0 Å². The number of hydrogen-bond acceptors (Lipinski definition) is 2. The van der Waals surface area contributed by atoms with Gasteiger partial charge in [-0.1, -0.05) is 6.42 Å². The molecular formula is C16H23FN2O. The minimum absolute atomic E-state index is 0.0455. The molecule has 3 nitrogen and oxygen atoms in total. The Labute approximate surface area is 120 Å². The van der Waals surface area contributed by atoms with Crippen LogP contribution in [-0.2, 0) is 0 Å². The molecule has 1 aromatic carbocycles. The number of carbonyl (C=O) groups is 1. The summed E-state index contributed by atoms with van der Waals surface area (Å²) < 4.78 is 12.8. The third kappa shape index (κ3) is 3.79. The number of nitrogens with one attached hydrogen (secondary N) is 1. The van der Waals surface area contributed by atoms with Crippen molar-refractivity contribution in [2.24, 2.45) is 0 Å². The van der Waals surface area contributed by atoms with Gasteiger partial charge in [-0.25, -0.2) is 4.39 Å². The topological polar surface area (TPSA) is 32.3 Å². The highest BCUT2D eigenvalue weighted by atomic mass is 19.1. The summed E-state index contributed by atoms with van der Waals surface area (Å²) in [6, 6.07) is 5.65. The van der Waals surface area contributed by atoms with Crippen LogP contribution in [0.4, 0.5) is 4.39 Å². The van der Waals surface area contributed by atoms with Crippen molar-refractivity contribution in [2.45, 2.75) is 38.6 Å². The molecule has 0 aromatic heterocycles. The normalized spacial score (nSPS) is 16.9. The monoisotopic (exact) mass is 278 g/mol. The molecule has 1 fully saturated rings. The van der Waals surface area contributed by atoms with Crippen molar-refractivity contribution in [3.63, 3.8) is 0 Å². The van der Waals surface area contributed by atoms with E-state index in [1.54, 1.807) is 0 Å². The molecule has 0 bridgehead atoms. The van der Waals surface area contributed by atoms with Crippen LogP contribution in [-0.4, -0.2) is 36.0 Å². The lowest BCUT2D eigenvalue weighted by Gasteiger charge is -2.41. The molecule has 1 heterocycles. The predicted octanol–water partition coefficient (Wildman–Crippen LogP) is 2.82. The number of likely N-dealkylation sites (tertiary alicyclic amines) is 1. The molecule has 0 spiro atoms. The van der Waals surface area contributed by atoms with Gasteiger partial charge in [-0.05, 0) is 64.0 Å². The molecule has 1 amide bonds. The van der Waals surface area contributed by atoms with Crippen LogP contribution in [0.5, 0.6) is 0 Å². The first-order valence-electron chi connectivity index (χ1n) is 7.28. The van der Waals surface area contributed by atoms with E-state index in [4.69, 9.17) is 0 Å². The molecule has 1 aliphatic rings. The maximum atomic E-state index is 12.8. The molecule has 0 aliphatic carbocycles. The van der Waals surface area contributed by atoms with Gasteiger partial charge in [0.05, 0.1) is 0 Å². The summed E-state index contributed by atoms with van der Waals surface area (Å²) in [5, 5.41) is 2.95. The van der Waals surface area contributed by atoms with Crippen molar-refractivity contribution in [1.29, 1.82) is 0 Å². The number of nitrogens with zero attached hydrogens (tertiary/aromatic N) is 1. The van der Waals surface area contributed by atoms with Gasteiger partial charge in [-0.15, -0.1) is 0 Å². The third-order valence-electron chi connectivity index (χ3n) is 4.00. The quantitative estimate of drug-likeness (QED) is 0.918. The number of hydrogen-bond donors (Lipinski definition) is 1.